The van der Waals surface area contributed by atoms with Crippen molar-refractivity contribution in [2.45, 2.75) is 39.2 Å². The molecule has 7 heteroatoms. The average Bonchev–Trinajstić information content (AvgIpc) is 3.02. The number of halogens is 1. The fourth-order valence-corrected chi connectivity index (χ4v) is 4.18. The fraction of sp³-hybridized carbons (Fsp3) is 0.550. The van der Waals surface area contributed by atoms with Crippen LogP contribution in [0.1, 0.15) is 33.1 Å². The molecule has 2 heterocycles. The van der Waals surface area contributed by atoms with Gasteiger partial charge in [-0.15, -0.1) is 0 Å². The van der Waals surface area contributed by atoms with E-state index >= 15 is 0 Å². The predicted octanol–water partition coefficient (Wildman–Crippen LogP) is 2.57. The summed E-state index contributed by atoms with van der Waals surface area (Å²) in [6.07, 6.45) is 1.61. The number of carbonyl (C=O) groups is 3. The summed E-state index contributed by atoms with van der Waals surface area (Å²) >= 11 is 3.42. The molecule has 0 radical (unpaired) electrons. The second-order valence-corrected chi connectivity index (χ2v) is 8.56. The van der Waals surface area contributed by atoms with Gasteiger partial charge in [-0.3, -0.25) is 14.4 Å². The van der Waals surface area contributed by atoms with Crippen molar-refractivity contribution < 1.29 is 14.4 Å². The number of hydrogen-bond acceptors (Lipinski definition) is 3. The highest BCUT2D eigenvalue weighted by Gasteiger charge is 2.38. The Morgan fingerprint density at radius 1 is 1.19 bits per heavy atom. The van der Waals surface area contributed by atoms with Gasteiger partial charge in [0.2, 0.25) is 17.7 Å². The zero-order valence-corrected chi connectivity index (χ0v) is 17.4. The van der Waals surface area contributed by atoms with Crippen molar-refractivity contribution in [1.29, 1.82) is 0 Å². The van der Waals surface area contributed by atoms with Gasteiger partial charge >= 0.3 is 0 Å². The predicted molar refractivity (Wildman–Crippen MR) is 107 cm³/mol. The van der Waals surface area contributed by atoms with Crippen molar-refractivity contribution in [3.63, 3.8) is 0 Å². The number of rotatable bonds is 4. The first-order valence-corrected chi connectivity index (χ1v) is 10.3. The van der Waals surface area contributed by atoms with Gasteiger partial charge in [-0.05, 0) is 44.9 Å². The molecule has 1 N–H and O–H groups in total. The van der Waals surface area contributed by atoms with Gasteiger partial charge in [-0.1, -0.05) is 22.0 Å². The maximum absolute atomic E-state index is 12.9. The monoisotopic (exact) mass is 435 g/mol. The normalized spacial score (nSPS) is 21.0. The molecule has 0 spiro atoms. The third-order valence-electron chi connectivity index (χ3n) is 5.20. The van der Waals surface area contributed by atoms with Crippen LogP contribution in [0.3, 0.4) is 0 Å². The Bertz CT molecular complexity index is 729. The number of carbonyl (C=O) groups excluding carboxylic acids is 3. The minimum Gasteiger partial charge on any atom is -0.354 e. The highest BCUT2D eigenvalue weighted by Crippen LogP contribution is 2.29. The minimum atomic E-state index is -0.308. The number of hydrogen-bond donors (Lipinski definition) is 1. The molecule has 2 saturated heterocycles. The van der Waals surface area contributed by atoms with Crippen LogP contribution in [0.15, 0.2) is 28.7 Å². The third-order valence-corrected chi connectivity index (χ3v) is 5.70. The van der Waals surface area contributed by atoms with Crippen molar-refractivity contribution in [2.24, 2.45) is 11.8 Å². The molecule has 27 heavy (non-hydrogen) atoms. The molecule has 0 aliphatic carbocycles. The van der Waals surface area contributed by atoms with Crippen LogP contribution in [-0.2, 0) is 14.4 Å². The maximum Gasteiger partial charge on any atom is 0.228 e. The summed E-state index contributed by atoms with van der Waals surface area (Å²) in [7, 11) is 0. The number of likely N-dealkylation sites (tertiary alicyclic amines) is 1. The highest BCUT2D eigenvalue weighted by atomic mass is 79.9. The number of nitrogens with zero attached hydrogens (tertiary/aromatic N) is 2. The van der Waals surface area contributed by atoms with Gasteiger partial charge in [0.05, 0.1) is 5.92 Å². The molecular weight excluding hydrogens is 410 g/mol. The second-order valence-electron chi connectivity index (χ2n) is 7.65. The van der Waals surface area contributed by atoms with Crippen LogP contribution in [0.25, 0.3) is 0 Å². The molecule has 2 fully saturated rings. The molecule has 146 valence electrons. The van der Waals surface area contributed by atoms with Crippen molar-refractivity contribution >= 4 is 39.3 Å². The van der Waals surface area contributed by atoms with Gasteiger partial charge in [-0.25, -0.2) is 0 Å². The lowest BCUT2D eigenvalue weighted by atomic mass is 9.94. The summed E-state index contributed by atoms with van der Waals surface area (Å²) in [5.41, 5.74) is 0.814. The van der Waals surface area contributed by atoms with Gasteiger partial charge < -0.3 is 15.1 Å². The van der Waals surface area contributed by atoms with Crippen LogP contribution in [0.5, 0.6) is 0 Å². The molecule has 1 aromatic carbocycles. The molecule has 1 atom stereocenters. The first-order valence-electron chi connectivity index (χ1n) is 9.50. The minimum absolute atomic E-state index is 0.0161. The number of piperidine rings is 1. The summed E-state index contributed by atoms with van der Waals surface area (Å²) in [6.45, 7) is 5.48. The lowest BCUT2D eigenvalue weighted by Gasteiger charge is -2.33. The van der Waals surface area contributed by atoms with E-state index in [1.807, 2.05) is 43.0 Å². The largest absolute Gasteiger partial charge is 0.354 e. The van der Waals surface area contributed by atoms with E-state index in [0.717, 1.165) is 10.2 Å². The van der Waals surface area contributed by atoms with Crippen LogP contribution in [-0.4, -0.2) is 48.3 Å². The van der Waals surface area contributed by atoms with Crippen LogP contribution in [0, 0.1) is 11.8 Å². The summed E-state index contributed by atoms with van der Waals surface area (Å²) in [5, 5.41) is 2.95. The summed E-state index contributed by atoms with van der Waals surface area (Å²) in [4.78, 5) is 40.9. The van der Waals surface area contributed by atoms with Crippen LogP contribution in [0.2, 0.25) is 0 Å². The average molecular weight is 436 g/mol. The summed E-state index contributed by atoms with van der Waals surface area (Å²) in [6, 6.07) is 7.70. The van der Waals surface area contributed by atoms with Crippen LogP contribution < -0.4 is 10.2 Å². The standard InChI is InChI=1S/C20H26BrN3O3/c1-13(2)22-19(26)14-6-8-23(9-7-14)20(27)15-10-18(25)24(12-15)17-5-3-4-16(21)11-17/h3-5,11,13-15H,6-10,12H2,1-2H3,(H,22,26). The lowest BCUT2D eigenvalue weighted by molar-refractivity contribution is -0.139. The van der Waals surface area contributed by atoms with E-state index in [0.29, 0.717) is 32.5 Å². The first kappa shape index (κ1) is 19.9. The SMILES string of the molecule is CC(C)NC(=O)C1CCN(C(=O)C2CC(=O)N(c3cccc(Br)c3)C2)CC1. The van der Waals surface area contributed by atoms with Gasteiger partial charge in [0.15, 0.2) is 0 Å². The molecule has 3 amide bonds. The highest BCUT2D eigenvalue weighted by molar-refractivity contribution is 9.10. The van der Waals surface area contributed by atoms with E-state index in [1.165, 1.54) is 0 Å². The topological polar surface area (TPSA) is 69.7 Å². The van der Waals surface area contributed by atoms with E-state index in [-0.39, 0.29) is 42.0 Å². The third kappa shape index (κ3) is 4.69. The maximum atomic E-state index is 12.9. The fourth-order valence-electron chi connectivity index (χ4n) is 3.79. The Kier molecular flexibility index (Phi) is 6.19. The summed E-state index contributed by atoms with van der Waals surface area (Å²) in [5.74, 6) is -0.243. The Hall–Kier alpha value is -1.89. The van der Waals surface area contributed by atoms with Gasteiger partial charge in [0, 0.05) is 48.2 Å². The number of anilines is 1. The first-order chi connectivity index (χ1) is 12.8. The lowest BCUT2D eigenvalue weighted by Crippen LogP contribution is -2.46. The van der Waals surface area contributed by atoms with E-state index in [2.05, 4.69) is 21.2 Å². The molecule has 3 rings (SSSR count). The second kappa shape index (κ2) is 8.42. The van der Waals surface area contributed by atoms with E-state index in [4.69, 9.17) is 0 Å². The quantitative estimate of drug-likeness (QED) is 0.789. The van der Waals surface area contributed by atoms with E-state index in [9.17, 15) is 14.4 Å². The molecule has 0 saturated carbocycles. The van der Waals surface area contributed by atoms with Crippen molar-refractivity contribution in [3.8, 4) is 0 Å². The zero-order valence-electron chi connectivity index (χ0n) is 15.8. The molecule has 1 unspecified atom stereocenters. The molecular formula is C20H26BrN3O3. The Labute approximate surface area is 168 Å². The number of benzene rings is 1. The van der Waals surface area contributed by atoms with Crippen LogP contribution in [0.4, 0.5) is 5.69 Å². The molecule has 0 bridgehead atoms. The van der Waals surface area contributed by atoms with Gasteiger partial charge in [0.25, 0.3) is 0 Å². The number of nitrogens with one attached hydrogen (secondary N) is 1. The van der Waals surface area contributed by atoms with Gasteiger partial charge in [-0.2, -0.15) is 0 Å². The van der Waals surface area contributed by atoms with E-state index < -0.39 is 0 Å². The van der Waals surface area contributed by atoms with Crippen LogP contribution >= 0.6 is 15.9 Å². The smallest absolute Gasteiger partial charge is 0.228 e. The molecule has 2 aliphatic rings. The molecule has 1 aromatic rings. The van der Waals surface area contributed by atoms with Crippen molar-refractivity contribution in [1.82, 2.24) is 10.2 Å². The zero-order chi connectivity index (χ0) is 19.6. The Morgan fingerprint density at radius 2 is 1.89 bits per heavy atom. The van der Waals surface area contributed by atoms with E-state index in [1.54, 1.807) is 4.90 Å². The van der Waals surface area contributed by atoms with Crippen molar-refractivity contribution in [2.75, 3.05) is 24.5 Å². The van der Waals surface area contributed by atoms with Crippen molar-refractivity contribution in [3.05, 3.63) is 28.7 Å². The Morgan fingerprint density at radius 3 is 2.52 bits per heavy atom. The molecule has 6 nitrogen and oxygen atoms in total. The number of amides is 3. The summed E-state index contributed by atoms with van der Waals surface area (Å²) < 4.78 is 0.907. The Balaban J connectivity index is 1.56. The molecule has 2 aliphatic heterocycles. The van der Waals surface area contributed by atoms with Gasteiger partial charge in [0.1, 0.15) is 0 Å². The molecule has 0 aromatic heterocycles.